The van der Waals surface area contributed by atoms with Crippen LogP contribution in [0.15, 0.2) is 101 Å². The van der Waals surface area contributed by atoms with Gasteiger partial charge in [0.15, 0.2) is 0 Å². The number of benzene rings is 3. The van der Waals surface area contributed by atoms with E-state index >= 15 is 0 Å². The van der Waals surface area contributed by atoms with Crippen LogP contribution in [0.5, 0.6) is 0 Å². The number of carbonyl (C=O) groups is 2. The van der Waals surface area contributed by atoms with Crippen molar-refractivity contribution >= 4 is 63.8 Å². The van der Waals surface area contributed by atoms with Gasteiger partial charge < -0.3 is 5.32 Å². The van der Waals surface area contributed by atoms with E-state index in [1.165, 1.54) is 41.1 Å². The number of nitrogens with one attached hydrogen (secondary N) is 2. The zero-order chi connectivity index (χ0) is 25.2. The van der Waals surface area contributed by atoms with Gasteiger partial charge in [-0.25, -0.2) is 0 Å². The molecule has 182 valence electrons. The molecule has 0 fully saturated rings. The number of anilines is 2. The normalized spacial score (nSPS) is 11.8. The maximum Gasteiger partial charge on any atom is 0.248 e. The van der Waals surface area contributed by atoms with Gasteiger partial charge in [0.2, 0.25) is 22.1 Å². The molecule has 1 aromatic heterocycles. The Hall–Kier alpha value is -3.40. The maximum atomic E-state index is 13.2. The molecule has 1 atom stereocenters. The Morgan fingerprint density at radius 2 is 1.64 bits per heavy atom. The minimum Gasteiger partial charge on any atom is -0.323 e. The molecule has 4 aromatic rings. The van der Waals surface area contributed by atoms with Gasteiger partial charge in [-0.3, -0.25) is 14.9 Å². The van der Waals surface area contributed by atoms with Crippen LogP contribution in [0, 0.1) is 0 Å². The van der Waals surface area contributed by atoms with E-state index in [4.69, 9.17) is 0 Å². The molecule has 6 nitrogen and oxygen atoms in total. The molecule has 0 aliphatic carbocycles. The summed E-state index contributed by atoms with van der Waals surface area (Å²) in [6.07, 6.45) is 3.27. The summed E-state index contributed by atoms with van der Waals surface area (Å²) in [7, 11) is 0. The minimum absolute atomic E-state index is 0.168. The van der Waals surface area contributed by atoms with Gasteiger partial charge in [-0.2, -0.15) is 9.36 Å². The molecule has 0 saturated heterocycles. The molecule has 9 heteroatoms. The summed E-state index contributed by atoms with van der Waals surface area (Å²) in [5.74, 6) is 0.490. The molecule has 3 aromatic carbocycles. The summed E-state index contributed by atoms with van der Waals surface area (Å²) >= 11 is 4.15. The van der Waals surface area contributed by atoms with Crippen molar-refractivity contribution in [2.75, 3.05) is 16.4 Å². The van der Waals surface area contributed by atoms with Gasteiger partial charge in [-0.15, -0.1) is 11.8 Å². The van der Waals surface area contributed by atoms with Crippen LogP contribution in [0.2, 0.25) is 0 Å². The van der Waals surface area contributed by atoms with Crippen molar-refractivity contribution in [3.05, 3.63) is 102 Å². The Bertz CT molecular complexity index is 1310. The van der Waals surface area contributed by atoms with Gasteiger partial charge in [0.05, 0.1) is 0 Å². The van der Waals surface area contributed by atoms with Gasteiger partial charge in [0.1, 0.15) is 5.25 Å². The number of carbonyl (C=O) groups excluding carboxylic acids is 2. The molecule has 0 spiro atoms. The van der Waals surface area contributed by atoms with E-state index in [-0.39, 0.29) is 11.8 Å². The first kappa shape index (κ1) is 25.7. The van der Waals surface area contributed by atoms with Gasteiger partial charge in [0.25, 0.3) is 0 Å². The number of aromatic nitrogens is 2. The molecule has 36 heavy (non-hydrogen) atoms. The molecule has 1 heterocycles. The van der Waals surface area contributed by atoms with E-state index in [1.807, 2.05) is 91.9 Å². The maximum absolute atomic E-state index is 13.2. The molecule has 0 aliphatic rings. The highest BCUT2D eigenvalue weighted by atomic mass is 32.2. The van der Waals surface area contributed by atoms with Crippen LogP contribution in [0.1, 0.15) is 23.3 Å². The van der Waals surface area contributed by atoms with Crippen molar-refractivity contribution in [3.63, 3.8) is 0 Å². The monoisotopic (exact) mass is 532 g/mol. The van der Waals surface area contributed by atoms with E-state index in [1.54, 1.807) is 6.08 Å². The molecule has 1 unspecified atom stereocenters. The molecule has 0 radical (unpaired) electrons. The second-order valence-corrected chi connectivity index (χ2v) is 10.6. The Balaban J connectivity index is 1.42. The summed E-state index contributed by atoms with van der Waals surface area (Å²) < 4.78 is 4.27. The number of hydrogen-bond donors (Lipinski definition) is 2. The van der Waals surface area contributed by atoms with Crippen molar-refractivity contribution in [1.29, 1.82) is 0 Å². The Morgan fingerprint density at radius 1 is 0.944 bits per heavy atom. The molecule has 0 bridgehead atoms. The first-order valence-corrected chi connectivity index (χ1v) is 13.9. The van der Waals surface area contributed by atoms with E-state index in [0.717, 1.165) is 21.8 Å². The first-order valence-electron chi connectivity index (χ1n) is 11.2. The SMILES string of the molecule is CCSc1nsc(NC(=O)C(Sc2ccc(NC(=O)/C=C/c3ccccc3)cc2)c2ccccc2)n1. The van der Waals surface area contributed by atoms with Gasteiger partial charge >= 0.3 is 0 Å². The summed E-state index contributed by atoms with van der Waals surface area (Å²) in [6.45, 7) is 2.03. The summed E-state index contributed by atoms with van der Waals surface area (Å²) in [4.78, 5) is 30.8. The van der Waals surface area contributed by atoms with E-state index in [0.29, 0.717) is 16.0 Å². The predicted octanol–water partition coefficient (Wildman–Crippen LogP) is 6.77. The van der Waals surface area contributed by atoms with E-state index in [2.05, 4.69) is 20.0 Å². The van der Waals surface area contributed by atoms with Crippen molar-refractivity contribution in [3.8, 4) is 0 Å². The van der Waals surface area contributed by atoms with Crippen LogP contribution in [0.25, 0.3) is 6.08 Å². The fourth-order valence-corrected chi connectivity index (χ4v) is 5.49. The Kier molecular flexibility index (Phi) is 9.32. The zero-order valence-electron chi connectivity index (χ0n) is 19.5. The Morgan fingerprint density at radius 3 is 2.33 bits per heavy atom. The molecule has 2 amide bonds. The number of amides is 2. The fourth-order valence-electron chi connectivity index (χ4n) is 3.19. The molecular weight excluding hydrogens is 509 g/mol. The smallest absolute Gasteiger partial charge is 0.248 e. The third-order valence-corrected chi connectivity index (χ3v) is 7.60. The summed E-state index contributed by atoms with van der Waals surface area (Å²) in [6, 6.07) is 26.7. The number of nitrogens with zero attached hydrogens (tertiary/aromatic N) is 2. The highest BCUT2D eigenvalue weighted by molar-refractivity contribution is 8.00. The largest absolute Gasteiger partial charge is 0.323 e. The zero-order valence-corrected chi connectivity index (χ0v) is 21.9. The molecule has 0 saturated carbocycles. The Labute approximate surface area is 222 Å². The molecular formula is C27H24N4O2S3. The number of rotatable bonds is 10. The summed E-state index contributed by atoms with van der Waals surface area (Å²) in [5, 5.41) is 6.44. The lowest BCUT2D eigenvalue weighted by Crippen LogP contribution is -2.19. The highest BCUT2D eigenvalue weighted by Gasteiger charge is 2.23. The van der Waals surface area contributed by atoms with Crippen LogP contribution in [0.3, 0.4) is 0 Å². The van der Waals surface area contributed by atoms with Crippen LogP contribution >= 0.6 is 35.1 Å². The van der Waals surface area contributed by atoms with Gasteiger partial charge in [0, 0.05) is 28.2 Å². The minimum atomic E-state index is -0.480. The van der Waals surface area contributed by atoms with Crippen molar-refractivity contribution < 1.29 is 9.59 Å². The van der Waals surface area contributed by atoms with Crippen molar-refractivity contribution in [2.45, 2.75) is 22.2 Å². The van der Waals surface area contributed by atoms with Crippen LogP contribution in [-0.2, 0) is 9.59 Å². The third kappa shape index (κ3) is 7.55. The molecule has 2 N–H and O–H groups in total. The number of hydrogen-bond acceptors (Lipinski definition) is 7. The van der Waals surface area contributed by atoms with Crippen molar-refractivity contribution in [1.82, 2.24) is 9.36 Å². The second kappa shape index (κ2) is 13.1. The lowest BCUT2D eigenvalue weighted by atomic mass is 10.1. The van der Waals surface area contributed by atoms with Crippen LogP contribution < -0.4 is 10.6 Å². The second-order valence-electron chi connectivity index (χ2n) is 7.47. The first-order chi connectivity index (χ1) is 17.6. The predicted molar refractivity (Wildman–Crippen MR) is 151 cm³/mol. The average molecular weight is 533 g/mol. The average Bonchev–Trinajstić information content (AvgIpc) is 3.35. The van der Waals surface area contributed by atoms with Crippen LogP contribution in [0.4, 0.5) is 10.8 Å². The number of thioether (sulfide) groups is 2. The van der Waals surface area contributed by atoms with Gasteiger partial charge in [-0.05, 0) is 47.2 Å². The van der Waals surface area contributed by atoms with E-state index in [9.17, 15) is 9.59 Å². The molecule has 4 rings (SSSR count). The topological polar surface area (TPSA) is 84.0 Å². The fraction of sp³-hybridized carbons (Fsp3) is 0.111. The lowest BCUT2D eigenvalue weighted by Gasteiger charge is -2.16. The quantitative estimate of drug-likeness (QED) is 0.173. The van der Waals surface area contributed by atoms with Crippen LogP contribution in [-0.4, -0.2) is 26.9 Å². The third-order valence-electron chi connectivity index (χ3n) is 4.85. The standard InChI is InChI=1S/C27H24N4O2S3/c1-2-34-27-30-26(36-31-27)29-25(33)24(20-11-7-4-8-12-20)35-22-16-14-21(15-17-22)28-23(32)18-13-19-9-5-3-6-10-19/h3-18,24H,2H2,1H3,(H,28,32)(H,29,30,31,33)/b18-13+. The highest BCUT2D eigenvalue weighted by Crippen LogP contribution is 2.37. The lowest BCUT2D eigenvalue weighted by molar-refractivity contribution is -0.116. The molecule has 0 aliphatic heterocycles. The summed E-state index contributed by atoms with van der Waals surface area (Å²) in [5.41, 5.74) is 2.52. The van der Waals surface area contributed by atoms with Crippen molar-refractivity contribution in [2.24, 2.45) is 0 Å². The van der Waals surface area contributed by atoms with Gasteiger partial charge in [-0.1, -0.05) is 79.3 Å². The van der Waals surface area contributed by atoms with E-state index < -0.39 is 5.25 Å².